The first-order valence-corrected chi connectivity index (χ1v) is 10.9. The van der Waals surface area contributed by atoms with E-state index in [2.05, 4.69) is 20.0 Å². The summed E-state index contributed by atoms with van der Waals surface area (Å²) in [6.07, 6.45) is 8.59. The van der Waals surface area contributed by atoms with Crippen molar-refractivity contribution < 1.29 is 13.9 Å². The Kier molecular flexibility index (Phi) is 7.69. The molecule has 2 aromatic heterocycles. The number of nitrogens with zero attached hydrogens (tertiary/aromatic N) is 3. The zero-order chi connectivity index (χ0) is 22.4. The van der Waals surface area contributed by atoms with Crippen molar-refractivity contribution in [2.45, 2.75) is 62.9 Å². The molecule has 1 aliphatic carbocycles. The van der Waals surface area contributed by atoms with Crippen LogP contribution >= 0.6 is 11.9 Å². The van der Waals surface area contributed by atoms with Gasteiger partial charge in [-0.2, -0.15) is 10.2 Å². The standard InChI is InChI=1S/C11H15FN4O.C10H13FN2S/c1-11(2,17)7-16-6-9(5-14-16)10-8(3-12)4-13-15-10;11-9-6-8(4-5-10(9)12)14-13-7-2-1-3-7/h4-6,17H,3,7H2,1-2H3,(H,13,15);4-7,13H,1-3,12H2. The van der Waals surface area contributed by atoms with Gasteiger partial charge in [0.15, 0.2) is 0 Å². The molecule has 31 heavy (non-hydrogen) atoms. The number of nitrogen functional groups attached to an aromatic ring is 1. The minimum absolute atomic E-state index is 0.206. The second-order valence-corrected chi connectivity index (χ2v) is 9.09. The molecule has 5 N–H and O–H groups in total. The molecule has 4 rings (SSSR count). The normalized spacial score (nSPS) is 14.1. The number of aromatic amines is 1. The van der Waals surface area contributed by atoms with Gasteiger partial charge in [0.25, 0.3) is 0 Å². The second kappa shape index (κ2) is 10.3. The van der Waals surface area contributed by atoms with Gasteiger partial charge < -0.3 is 10.8 Å². The molecule has 0 spiro atoms. The minimum atomic E-state index is -0.833. The molecule has 0 aliphatic heterocycles. The maximum absolute atomic E-state index is 13.0. The van der Waals surface area contributed by atoms with E-state index in [1.807, 2.05) is 6.07 Å². The Hall–Kier alpha value is -2.43. The Balaban J connectivity index is 0.000000179. The number of hydrogen-bond donors (Lipinski definition) is 4. The fourth-order valence-corrected chi connectivity index (χ4v) is 3.72. The van der Waals surface area contributed by atoms with Gasteiger partial charge in [-0.25, -0.2) is 8.78 Å². The van der Waals surface area contributed by atoms with Crippen molar-refractivity contribution in [2.75, 3.05) is 5.73 Å². The Bertz CT molecular complexity index is 980. The van der Waals surface area contributed by atoms with E-state index in [4.69, 9.17) is 5.73 Å². The fraction of sp³-hybridized carbons (Fsp3) is 0.429. The van der Waals surface area contributed by atoms with Crippen LogP contribution in [0.3, 0.4) is 0 Å². The quantitative estimate of drug-likeness (QED) is 0.320. The van der Waals surface area contributed by atoms with Gasteiger partial charge in [0.05, 0.1) is 35.9 Å². The molecule has 168 valence electrons. The first-order chi connectivity index (χ1) is 14.7. The third-order valence-corrected chi connectivity index (χ3v) is 5.69. The molecule has 10 heteroatoms. The lowest BCUT2D eigenvalue weighted by molar-refractivity contribution is 0.0577. The number of nitrogens with two attached hydrogens (primary N) is 1. The molecule has 2 heterocycles. The van der Waals surface area contributed by atoms with Crippen molar-refractivity contribution in [1.82, 2.24) is 24.7 Å². The predicted octanol–water partition coefficient (Wildman–Crippen LogP) is 4.07. The Morgan fingerprint density at radius 2 is 2.13 bits per heavy atom. The summed E-state index contributed by atoms with van der Waals surface area (Å²) in [4.78, 5) is 0.878. The Morgan fingerprint density at radius 3 is 2.74 bits per heavy atom. The van der Waals surface area contributed by atoms with Crippen molar-refractivity contribution in [3.05, 3.63) is 48.2 Å². The SMILES string of the molecule is CC(C)(O)Cn1cc(-c2[nH]ncc2CF)cn1.Nc1ccc(SNC2CCC2)cc1F. The third-order valence-electron chi connectivity index (χ3n) is 4.75. The van der Waals surface area contributed by atoms with Crippen molar-refractivity contribution in [3.63, 3.8) is 0 Å². The van der Waals surface area contributed by atoms with Gasteiger partial charge in [0.2, 0.25) is 0 Å². The first-order valence-electron chi connectivity index (χ1n) is 10.1. The maximum atomic E-state index is 13.0. The largest absolute Gasteiger partial charge is 0.396 e. The zero-order valence-electron chi connectivity index (χ0n) is 17.6. The summed E-state index contributed by atoms with van der Waals surface area (Å²) >= 11 is 1.48. The van der Waals surface area contributed by atoms with Gasteiger partial charge >= 0.3 is 0 Å². The van der Waals surface area contributed by atoms with Crippen molar-refractivity contribution in [1.29, 1.82) is 0 Å². The van der Waals surface area contributed by atoms with Gasteiger partial charge in [-0.1, -0.05) is 6.42 Å². The molecule has 7 nitrogen and oxygen atoms in total. The number of hydrogen-bond acceptors (Lipinski definition) is 6. The van der Waals surface area contributed by atoms with Crippen LogP contribution in [0.4, 0.5) is 14.5 Å². The monoisotopic (exact) mass is 450 g/mol. The summed E-state index contributed by atoms with van der Waals surface area (Å²) in [5.74, 6) is -0.342. The molecule has 0 amide bonds. The first kappa shape index (κ1) is 23.2. The summed E-state index contributed by atoms with van der Waals surface area (Å²) in [6, 6.07) is 5.49. The summed E-state index contributed by atoms with van der Waals surface area (Å²) in [6.45, 7) is 3.23. The van der Waals surface area contributed by atoms with Crippen LogP contribution in [0.1, 0.15) is 38.7 Å². The van der Waals surface area contributed by atoms with Gasteiger partial charge in [-0.3, -0.25) is 14.5 Å². The highest BCUT2D eigenvalue weighted by Gasteiger charge is 2.17. The molecule has 0 atom stereocenters. The van der Waals surface area contributed by atoms with Crippen LogP contribution in [0.25, 0.3) is 11.3 Å². The Morgan fingerprint density at radius 1 is 1.35 bits per heavy atom. The molecule has 0 unspecified atom stereocenters. The summed E-state index contributed by atoms with van der Waals surface area (Å²) < 4.78 is 30.6. The van der Waals surface area contributed by atoms with Crippen LogP contribution in [-0.4, -0.2) is 36.7 Å². The number of aromatic nitrogens is 4. The van der Waals surface area contributed by atoms with Gasteiger partial charge in [-0.05, 0) is 56.8 Å². The summed E-state index contributed by atoms with van der Waals surface area (Å²) in [7, 11) is 0. The Labute approximate surface area is 184 Å². The van der Waals surface area contributed by atoms with Gasteiger partial charge in [0, 0.05) is 28.3 Å². The number of rotatable bonds is 7. The molecule has 1 fully saturated rings. The average Bonchev–Trinajstić information content (AvgIpc) is 3.31. The van der Waals surface area contributed by atoms with Gasteiger partial charge in [0.1, 0.15) is 12.5 Å². The zero-order valence-corrected chi connectivity index (χ0v) is 18.4. The molecule has 1 aromatic carbocycles. The summed E-state index contributed by atoms with van der Waals surface area (Å²) in [5.41, 5.74) is 6.66. The maximum Gasteiger partial charge on any atom is 0.147 e. The average molecular weight is 451 g/mol. The van der Waals surface area contributed by atoms with E-state index in [1.54, 1.807) is 37.0 Å². The topological polar surface area (TPSA) is 105 Å². The summed E-state index contributed by atoms with van der Waals surface area (Å²) in [5, 5.41) is 20.3. The number of anilines is 1. The third kappa shape index (κ3) is 6.78. The van der Waals surface area contributed by atoms with Crippen LogP contribution in [0.15, 0.2) is 41.7 Å². The van der Waals surface area contributed by atoms with Crippen LogP contribution in [0, 0.1) is 5.82 Å². The van der Waals surface area contributed by atoms with E-state index >= 15 is 0 Å². The highest BCUT2D eigenvalue weighted by atomic mass is 32.2. The number of alkyl halides is 1. The molecule has 0 saturated heterocycles. The van der Waals surface area contributed by atoms with E-state index in [-0.39, 0.29) is 11.5 Å². The van der Waals surface area contributed by atoms with Crippen molar-refractivity contribution in [2.24, 2.45) is 0 Å². The van der Waals surface area contributed by atoms with Crippen molar-refractivity contribution in [3.8, 4) is 11.3 Å². The molecular weight excluding hydrogens is 422 g/mol. The minimum Gasteiger partial charge on any atom is -0.396 e. The van der Waals surface area contributed by atoms with E-state index in [0.717, 1.165) is 10.5 Å². The predicted molar refractivity (Wildman–Crippen MR) is 118 cm³/mol. The van der Waals surface area contributed by atoms with E-state index in [0.29, 0.717) is 23.8 Å². The number of benzene rings is 1. The smallest absolute Gasteiger partial charge is 0.147 e. The lowest BCUT2D eigenvalue weighted by Crippen LogP contribution is -2.29. The van der Waals surface area contributed by atoms with Crippen LogP contribution in [0.2, 0.25) is 0 Å². The lowest BCUT2D eigenvalue weighted by Gasteiger charge is -2.25. The van der Waals surface area contributed by atoms with Crippen LogP contribution < -0.4 is 10.5 Å². The molecule has 1 aliphatic rings. The molecule has 0 bridgehead atoms. The number of nitrogens with one attached hydrogen (secondary N) is 2. The number of H-pyrrole nitrogens is 1. The highest BCUT2D eigenvalue weighted by molar-refractivity contribution is 7.97. The number of aliphatic hydroxyl groups is 1. The van der Waals surface area contributed by atoms with Crippen LogP contribution in [-0.2, 0) is 13.2 Å². The fourth-order valence-electron chi connectivity index (χ4n) is 2.89. The highest BCUT2D eigenvalue weighted by Crippen LogP contribution is 2.25. The molecular formula is C21H28F2N6OS. The molecule has 3 aromatic rings. The number of halogens is 2. The molecule has 0 radical (unpaired) electrons. The van der Waals surface area contributed by atoms with E-state index in [1.165, 1.54) is 43.5 Å². The second-order valence-electron chi connectivity index (χ2n) is 8.17. The molecule has 1 saturated carbocycles. The van der Waals surface area contributed by atoms with Gasteiger partial charge in [-0.15, -0.1) is 0 Å². The van der Waals surface area contributed by atoms with Crippen LogP contribution in [0.5, 0.6) is 0 Å². The lowest BCUT2D eigenvalue weighted by atomic mass is 9.94. The van der Waals surface area contributed by atoms with E-state index < -0.39 is 12.3 Å². The van der Waals surface area contributed by atoms with Crippen molar-refractivity contribution >= 4 is 17.6 Å². The van der Waals surface area contributed by atoms with E-state index in [9.17, 15) is 13.9 Å².